The Hall–Kier alpha value is -3.39. The molecule has 2 atom stereocenters. The van der Waals surface area contributed by atoms with Crippen LogP contribution in [-0.4, -0.2) is 27.1 Å². The summed E-state index contributed by atoms with van der Waals surface area (Å²) in [5.41, 5.74) is 0.0362. The molecule has 1 aliphatic rings. The summed E-state index contributed by atoms with van der Waals surface area (Å²) in [6.07, 6.45) is 4.06. The lowest BCUT2D eigenvalue weighted by Gasteiger charge is -2.29. The first-order valence-electron chi connectivity index (χ1n) is 11.4. The van der Waals surface area contributed by atoms with Crippen molar-refractivity contribution in [1.29, 1.82) is 0 Å². The molecule has 8 nitrogen and oxygen atoms in total. The lowest BCUT2D eigenvalue weighted by atomic mass is 9.86. The van der Waals surface area contributed by atoms with Gasteiger partial charge in [-0.2, -0.15) is 0 Å². The standard InChI is InChI=1S/C25H27ClN4O4/c1-16-7-5-6-10-19(16)27-25(34)28-22(31)15-30-21-13-18(26)11-12-20(21)29(23(32)24(30)33)14-17-8-3-2-4-9-17/h2-4,8-9,11-13,16,19H,5-7,10,14-15H2,1H3,(H2,27,28,31,34)/t16-,19-/m1/s1. The van der Waals surface area contributed by atoms with Gasteiger partial charge in [-0.1, -0.05) is 61.7 Å². The lowest BCUT2D eigenvalue weighted by Crippen LogP contribution is -2.49. The molecule has 178 valence electrons. The molecule has 0 spiro atoms. The fourth-order valence-electron chi connectivity index (χ4n) is 4.52. The Morgan fingerprint density at radius 3 is 2.41 bits per heavy atom. The van der Waals surface area contributed by atoms with E-state index >= 15 is 0 Å². The number of fused-ring (bicyclic) bond motifs is 1. The summed E-state index contributed by atoms with van der Waals surface area (Å²) in [4.78, 5) is 51.0. The highest BCUT2D eigenvalue weighted by Crippen LogP contribution is 2.23. The first-order chi connectivity index (χ1) is 16.3. The molecule has 34 heavy (non-hydrogen) atoms. The Labute approximate surface area is 201 Å². The summed E-state index contributed by atoms with van der Waals surface area (Å²) in [5.74, 6) is -0.356. The van der Waals surface area contributed by atoms with Gasteiger partial charge in [0.2, 0.25) is 5.91 Å². The van der Waals surface area contributed by atoms with Crippen molar-refractivity contribution in [3.63, 3.8) is 0 Å². The second-order valence-electron chi connectivity index (χ2n) is 8.79. The summed E-state index contributed by atoms with van der Waals surface area (Å²) < 4.78 is 2.44. The van der Waals surface area contributed by atoms with E-state index < -0.39 is 29.6 Å². The summed E-state index contributed by atoms with van der Waals surface area (Å²) >= 11 is 6.17. The zero-order valence-corrected chi connectivity index (χ0v) is 19.7. The van der Waals surface area contributed by atoms with E-state index in [-0.39, 0.29) is 12.6 Å². The van der Waals surface area contributed by atoms with Crippen LogP contribution in [-0.2, 0) is 17.9 Å². The third-order valence-corrected chi connectivity index (χ3v) is 6.59. The number of hydrogen-bond acceptors (Lipinski definition) is 4. The molecule has 3 aromatic rings. The topological polar surface area (TPSA) is 102 Å². The van der Waals surface area contributed by atoms with Crippen molar-refractivity contribution >= 4 is 34.6 Å². The molecule has 1 aliphatic carbocycles. The molecule has 1 saturated carbocycles. The van der Waals surface area contributed by atoms with E-state index in [0.717, 1.165) is 35.8 Å². The number of urea groups is 1. The van der Waals surface area contributed by atoms with Crippen LogP contribution >= 0.6 is 11.6 Å². The fraction of sp³-hybridized carbons (Fsp3) is 0.360. The van der Waals surface area contributed by atoms with Gasteiger partial charge >= 0.3 is 17.1 Å². The Bertz CT molecular complexity index is 1330. The van der Waals surface area contributed by atoms with Gasteiger partial charge in [0.15, 0.2) is 0 Å². The minimum atomic E-state index is -0.859. The van der Waals surface area contributed by atoms with Crippen molar-refractivity contribution in [2.75, 3.05) is 0 Å². The number of nitrogens with one attached hydrogen (secondary N) is 2. The van der Waals surface area contributed by atoms with Crippen LogP contribution in [0.2, 0.25) is 5.02 Å². The van der Waals surface area contributed by atoms with Gasteiger partial charge in [0.25, 0.3) is 0 Å². The monoisotopic (exact) mass is 482 g/mol. The first kappa shape index (κ1) is 23.8. The number of imide groups is 1. The normalized spacial score (nSPS) is 17.9. The van der Waals surface area contributed by atoms with Crippen molar-refractivity contribution in [1.82, 2.24) is 19.8 Å². The van der Waals surface area contributed by atoms with Gasteiger partial charge in [-0.05, 0) is 42.5 Å². The molecule has 0 bridgehead atoms. The molecule has 2 aromatic carbocycles. The lowest BCUT2D eigenvalue weighted by molar-refractivity contribution is -0.120. The van der Waals surface area contributed by atoms with E-state index in [1.54, 1.807) is 12.1 Å². The predicted octanol–water partition coefficient (Wildman–Crippen LogP) is 3.27. The van der Waals surface area contributed by atoms with E-state index in [4.69, 9.17) is 11.6 Å². The average molecular weight is 483 g/mol. The zero-order chi connectivity index (χ0) is 24.2. The number of aromatic nitrogens is 2. The SMILES string of the molecule is C[C@@H]1CCCC[C@H]1NC(=O)NC(=O)Cn1c(=O)c(=O)n(Cc2ccccc2)c2ccc(Cl)cc21. The van der Waals surface area contributed by atoms with Gasteiger partial charge in [0, 0.05) is 11.1 Å². The second kappa shape index (κ2) is 10.3. The first-order valence-corrected chi connectivity index (χ1v) is 11.8. The fourth-order valence-corrected chi connectivity index (χ4v) is 4.68. The molecular formula is C25H27ClN4O4. The van der Waals surface area contributed by atoms with Crippen molar-refractivity contribution in [3.05, 3.63) is 79.8 Å². The van der Waals surface area contributed by atoms with Crippen LogP contribution < -0.4 is 21.8 Å². The summed E-state index contributed by atoms with van der Waals surface area (Å²) in [7, 11) is 0. The minimum absolute atomic E-state index is 0.00539. The van der Waals surface area contributed by atoms with E-state index in [2.05, 4.69) is 17.6 Å². The van der Waals surface area contributed by atoms with Gasteiger partial charge in [-0.25, -0.2) is 4.79 Å². The largest absolute Gasteiger partial charge is 0.335 e. The number of carbonyl (C=O) groups excluding carboxylic acids is 2. The third kappa shape index (κ3) is 5.22. The number of carbonyl (C=O) groups is 2. The highest BCUT2D eigenvalue weighted by molar-refractivity contribution is 6.31. The maximum absolute atomic E-state index is 13.0. The third-order valence-electron chi connectivity index (χ3n) is 6.36. The van der Waals surface area contributed by atoms with Crippen molar-refractivity contribution in [2.24, 2.45) is 5.92 Å². The smallest absolute Gasteiger partial charge is 0.321 e. The van der Waals surface area contributed by atoms with Gasteiger partial charge in [0.1, 0.15) is 6.54 Å². The summed E-state index contributed by atoms with van der Waals surface area (Å²) in [6, 6.07) is 13.5. The van der Waals surface area contributed by atoms with Crippen LogP contribution in [0.15, 0.2) is 58.1 Å². The van der Waals surface area contributed by atoms with Gasteiger partial charge < -0.3 is 5.32 Å². The molecule has 1 fully saturated rings. The average Bonchev–Trinajstić information content (AvgIpc) is 2.81. The molecule has 0 unspecified atom stereocenters. The van der Waals surface area contributed by atoms with Gasteiger partial charge in [-0.3, -0.25) is 28.8 Å². The van der Waals surface area contributed by atoms with Crippen molar-refractivity contribution in [2.45, 2.75) is 51.7 Å². The van der Waals surface area contributed by atoms with Crippen LogP contribution in [0.5, 0.6) is 0 Å². The van der Waals surface area contributed by atoms with Crippen molar-refractivity contribution in [3.8, 4) is 0 Å². The van der Waals surface area contributed by atoms with Crippen molar-refractivity contribution < 1.29 is 9.59 Å². The van der Waals surface area contributed by atoms with Crippen LogP contribution in [0.3, 0.4) is 0 Å². The van der Waals surface area contributed by atoms with Crippen LogP contribution in [0.4, 0.5) is 4.79 Å². The van der Waals surface area contributed by atoms with Crippen LogP contribution in [0, 0.1) is 5.92 Å². The predicted molar refractivity (Wildman–Crippen MR) is 131 cm³/mol. The highest BCUT2D eigenvalue weighted by Gasteiger charge is 2.24. The van der Waals surface area contributed by atoms with Gasteiger partial charge in [-0.15, -0.1) is 0 Å². The van der Waals surface area contributed by atoms with Gasteiger partial charge in [0.05, 0.1) is 17.6 Å². The molecule has 0 saturated heterocycles. The molecule has 1 heterocycles. The Balaban J connectivity index is 1.60. The molecule has 1 aromatic heterocycles. The van der Waals surface area contributed by atoms with Crippen LogP contribution in [0.25, 0.3) is 11.0 Å². The number of nitrogens with zero attached hydrogens (tertiary/aromatic N) is 2. The molecule has 3 amide bonds. The second-order valence-corrected chi connectivity index (χ2v) is 9.23. The molecule has 0 aliphatic heterocycles. The zero-order valence-electron chi connectivity index (χ0n) is 18.9. The summed E-state index contributed by atoms with van der Waals surface area (Å²) in [6.45, 7) is 1.79. The summed E-state index contributed by atoms with van der Waals surface area (Å²) in [5, 5.41) is 5.49. The van der Waals surface area contributed by atoms with E-state index in [0.29, 0.717) is 22.0 Å². The molecule has 4 rings (SSSR count). The number of benzene rings is 2. The van der Waals surface area contributed by atoms with E-state index in [1.807, 2.05) is 30.3 Å². The van der Waals surface area contributed by atoms with E-state index in [1.165, 1.54) is 10.6 Å². The molecule has 9 heteroatoms. The number of rotatable bonds is 5. The molecule has 2 N–H and O–H groups in total. The Morgan fingerprint density at radius 2 is 1.68 bits per heavy atom. The number of amides is 3. The number of hydrogen-bond donors (Lipinski definition) is 2. The molecule has 0 radical (unpaired) electrons. The Kier molecular flexibility index (Phi) is 7.17. The van der Waals surface area contributed by atoms with Crippen LogP contribution in [0.1, 0.15) is 38.2 Å². The highest BCUT2D eigenvalue weighted by atomic mass is 35.5. The minimum Gasteiger partial charge on any atom is -0.335 e. The maximum Gasteiger partial charge on any atom is 0.321 e. The quantitative estimate of drug-likeness (QED) is 0.545. The Morgan fingerprint density at radius 1 is 0.971 bits per heavy atom. The maximum atomic E-state index is 13.0. The number of halogens is 1. The molecular weight excluding hydrogens is 456 g/mol. The van der Waals surface area contributed by atoms with E-state index in [9.17, 15) is 19.2 Å².